The van der Waals surface area contributed by atoms with E-state index in [0.717, 1.165) is 49.8 Å². The van der Waals surface area contributed by atoms with E-state index in [1.165, 1.54) is 0 Å². The number of nitrogens with zero attached hydrogens (tertiary/aromatic N) is 1. The molecule has 140 valence electrons. The number of nitrogens with one attached hydrogen (secondary N) is 2. The summed E-state index contributed by atoms with van der Waals surface area (Å²) in [4.78, 5) is 4.60. The number of benzene rings is 1. The topological polar surface area (TPSA) is 75.1 Å². The summed E-state index contributed by atoms with van der Waals surface area (Å²) in [5.74, 6) is 2.52. The molecule has 6 nitrogen and oxygen atoms in total. The quantitative estimate of drug-likeness (QED) is 0.495. The lowest BCUT2D eigenvalue weighted by Gasteiger charge is -2.19. The number of para-hydroxylation sites is 2. The minimum atomic E-state index is -0.192. The van der Waals surface area contributed by atoms with Gasteiger partial charge in [0.15, 0.2) is 17.5 Å². The summed E-state index contributed by atoms with van der Waals surface area (Å²) in [7, 11) is 1.63. The van der Waals surface area contributed by atoms with E-state index in [1.54, 1.807) is 7.11 Å². The molecule has 0 aliphatic heterocycles. The molecule has 0 bridgehead atoms. The van der Waals surface area contributed by atoms with Crippen LogP contribution in [0.1, 0.15) is 33.1 Å². The molecule has 2 rings (SSSR count). The third kappa shape index (κ3) is 6.12. The molecular formula is C19H31N3O3. The molecule has 0 saturated heterocycles. The fourth-order valence-corrected chi connectivity index (χ4v) is 3.01. The van der Waals surface area contributed by atoms with Gasteiger partial charge in [0.25, 0.3) is 0 Å². The summed E-state index contributed by atoms with van der Waals surface area (Å²) >= 11 is 0. The second kappa shape index (κ2) is 10.1. The van der Waals surface area contributed by atoms with Gasteiger partial charge in [0.2, 0.25) is 0 Å². The molecule has 1 aliphatic rings. The highest BCUT2D eigenvalue weighted by Gasteiger charge is 2.25. The first-order chi connectivity index (χ1) is 12.1. The Bertz CT molecular complexity index is 550. The van der Waals surface area contributed by atoms with Crippen molar-refractivity contribution < 1.29 is 14.6 Å². The smallest absolute Gasteiger partial charge is 0.191 e. The molecule has 25 heavy (non-hydrogen) atoms. The Morgan fingerprint density at radius 2 is 2.04 bits per heavy atom. The minimum Gasteiger partial charge on any atom is -0.493 e. The largest absolute Gasteiger partial charge is 0.493 e. The molecule has 3 unspecified atom stereocenters. The number of ether oxygens (including phenoxy) is 2. The number of rotatable bonds is 8. The van der Waals surface area contributed by atoms with Crippen LogP contribution in [-0.2, 0) is 0 Å². The van der Waals surface area contributed by atoms with Crippen LogP contribution in [0.2, 0.25) is 0 Å². The molecule has 3 atom stereocenters. The maximum Gasteiger partial charge on any atom is 0.191 e. The van der Waals surface area contributed by atoms with Gasteiger partial charge in [-0.15, -0.1) is 0 Å². The Morgan fingerprint density at radius 1 is 1.28 bits per heavy atom. The van der Waals surface area contributed by atoms with E-state index in [-0.39, 0.29) is 12.2 Å². The van der Waals surface area contributed by atoms with Crippen molar-refractivity contribution in [1.82, 2.24) is 10.6 Å². The standard InChI is InChI=1S/C19H31N3O3/c1-4-20-19(22-13-15-8-7-9-16(15)23)21-12-14(2)25-18-11-6-5-10-17(18)24-3/h5-6,10-11,14-16,23H,4,7-9,12-13H2,1-3H3,(H2,20,21,22). The molecule has 1 saturated carbocycles. The van der Waals surface area contributed by atoms with Gasteiger partial charge in [-0.25, -0.2) is 4.99 Å². The Balaban J connectivity index is 1.86. The molecule has 0 heterocycles. The number of hydrogen-bond donors (Lipinski definition) is 3. The molecule has 0 spiro atoms. The van der Waals surface area contributed by atoms with Crippen LogP contribution in [0.25, 0.3) is 0 Å². The van der Waals surface area contributed by atoms with Gasteiger partial charge >= 0.3 is 0 Å². The first-order valence-corrected chi connectivity index (χ1v) is 9.14. The van der Waals surface area contributed by atoms with Crippen LogP contribution >= 0.6 is 0 Å². The highest BCUT2D eigenvalue weighted by atomic mass is 16.5. The molecule has 6 heteroatoms. The Kier molecular flexibility index (Phi) is 7.85. The van der Waals surface area contributed by atoms with Gasteiger partial charge < -0.3 is 25.2 Å². The number of aliphatic hydroxyl groups excluding tert-OH is 1. The second-order valence-electron chi connectivity index (χ2n) is 6.44. The van der Waals surface area contributed by atoms with Crippen molar-refractivity contribution in [3.05, 3.63) is 24.3 Å². The van der Waals surface area contributed by atoms with Crippen molar-refractivity contribution in [3.63, 3.8) is 0 Å². The van der Waals surface area contributed by atoms with Gasteiger partial charge in [0, 0.05) is 19.0 Å². The van der Waals surface area contributed by atoms with E-state index in [2.05, 4.69) is 15.6 Å². The van der Waals surface area contributed by atoms with Crippen molar-refractivity contribution >= 4 is 5.96 Å². The van der Waals surface area contributed by atoms with Crippen LogP contribution in [0.15, 0.2) is 29.3 Å². The van der Waals surface area contributed by atoms with E-state index >= 15 is 0 Å². The maximum absolute atomic E-state index is 9.93. The lowest BCUT2D eigenvalue weighted by molar-refractivity contribution is 0.134. The van der Waals surface area contributed by atoms with E-state index in [0.29, 0.717) is 12.5 Å². The predicted molar refractivity (Wildman–Crippen MR) is 100 cm³/mol. The van der Waals surface area contributed by atoms with Crippen LogP contribution in [0.3, 0.4) is 0 Å². The average Bonchev–Trinajstić information content (AvgIpc) is 3.03. The zero-order valence-electron chi connectivity index (χ0n) is 15.5. The van der Waals surface area contributed by atoms with E-state index in [9.17, 15) is 5.11 Å². The van der Waals surface area contributed by atoms with Crippen LogP contribution in [-0.4, -0.2) is 50.0 Å². The first-order valence-electron chi connectivity index (χ1n) is 9.14. The van der Waals surface area contributed by atoms with Crippen molar-refractivity contribution in [2.75, 3.05) is 26.7 Å². The molecule has 1 aromatic carbocycles. The maximum atomic E-state index is 9.93. The first kappa shape index (κ1) is 19.4. The summed E-state index contributed by atoms with van der Waals surface area (Å²) in [6.45, 7) is 6.09. The number of hydrogen-bond acceptors (Lipinski definition) is 4. The van der Waals surface area contributed by atoms with Gasteiger partial charge in [-0.3, -0.25) is 0 Å². The predicted octanol–water partition coefficient (Wildman–Crippen LogP) is 2.18. The number of guanidine groups is 1. The SMILES string of the molecule is CCNC(=NCC(C)Oc1ccccc1OC)NCC1CCCC1O. The fraction of sp³-hybridized carbons (Fsp3) is 0.632. The fourth-order valence-electron chi connectivity index (χ4n) is 3.01. The van der Waals surface area contributed by atoms with Gasteiger partial charge in [0.05, 0.1) is 19.8 Å². The Hall–Kier alpha value is -1.95. The molecule has 0 amide bonds. The van der Waals surface area contributed by atoms with Gasteiger partial charge in [-0.05, 0) is 38.8 Å². The van der Waals surface area contributed by atoms with Crippen LogP contribution in [0, 0.1) is 5.92 Å². The molecule has 0 aromatic heterocycles. The summed E-state index contributed by atoms with van der Waals surface area (Å²) in [6.07, 6.45) is 2.81. The highest BCUT2D eigenvalue weighted by molar-refractivity contribution is 5.79. The van der Waals surface area contributed by atoms with Crippen LogP contribution in [0.4, 0.5) is 0 Å². The summed E-state index contributed by atoms with van der Waals surface area (Å²) in [5.41, 5.74) is 0. The number of aliphatic hydroxyl groups is 1. The lowest BCUT2D eigenvalue weighted by Crippen LogP contribution is -2.41. The third-order valence-corrected chi connectivity index (χ3v) is 4.40. The number of aliphatic imine (C=N–C) groups is 1. The van der Waals surface area contributed by atoms with E-state index in [1.807, 2.05) is 38.1 Å². The molecule has 1 aliphatic carbocycles. The van der Waals surface area contributed by atoms with Crippen molar-refractivity contribution in [2.24, 2.45) is 10.9 Å². The summed E-state index contributed by atoms with van der Waals surface area (Å²) in [6, 6.07) is 7.61. The molecular weight excluding hydrogens is 318 g/mol. The van der Waals surface area contributed by atoms with Gasteiger partial charge in [0.1, 0.15) is 6.10 Å². The monoisotopic (exact) mass is 349 g/mol. The third-order valence-electron chi connectivity index (χ3n) is 4.40. The summed E-state index contributed by atoms with van der Waals surface area (Å²) in [5, 5.41) is 16.5. The highest BCUT2D eigenvalue weighted by Crippen LogP contribution is 2.27. The Morgan fingerprint density at radius 3 is 2.68 bits per heavy atom. The lowest BCUT2D eigenvalue weighted by atomic mass is 10.1. The van der Waals surface area contributed by atoms with Gasteiger partial charge in [-0.2, -0.15) is 0 Å². The number of methoxy groups -OCH3 is 1. The van der Waals surface area contributed by atoms with Gasteiger partial charge in [-0.1, -0.05) is 18.6 Å². The minimum absolute atomic E-state index is 0.0798. The van der Waals surface area contributed by atoms with Crippen LogP contribution in [0.5, 0.6) is 11.5 Å². The molecule has 1 aromatic rings. The van der Waals surface area contributed by atoms with E-state index in [4.69, 9.17) is 9.47 Å². The average molecular weight is 349 g/mol. The summed E-state index contributed by atoms with van der Waals surface area (Å²) < 4.78 is 11.2. The zero-order valence-corrected chi connectivity index (χ0v) is 15.5. The molecule has 1 fully saturated rings. The van der Waals surface area contributed by atoms with Crippen molar-refractivity contribution in [2.45, 2.75) is 45.3 Å². The molecule has 3 N–H and O–H groups in total. The second-order valence-corrected chi connectivity index (χ2v) is 6.44. The zero-order chi connectivity index (χ0) is 18.1. The Labute approximate surface area is 150 Å². The van der Waals surface area contributed by atoms with Crippen molar-refractivity contribution in [3.8, 4) is 11.5 Å². The van der Waals surface area contributed by atoms with E-state index < -0.39 is 0 Å². The van der Waals surface area contributed by atoms with Crippen LogP contribution < -0.4 is 20.1 Å². The van der Waals surface area contributed by atoms with Crippen molar-refractivity contribution in [1.29, 1.82) is 0 Å². The normalized spacial score (nSPS) is 21.7. The molecule has 0 radical (unpaired) electrons.